The van der Waals surface area contributed by atoms with Crippen LogP contribution < -0.4 is 5.32 Å². The van der Waals surface area contributed by atoms with Crippen molar-refractivity contribution >= 4 is 6.09 Å². The van der Waals surface area contributed by atoms with E-state index >= 15 is 0 Å². The topological polar surface area (TPSA) is 72.8 Å². The highest BCUT2D eigenvalue weighted by Gasteiger charge is 2.51. The molecule has 1 aliphatic carbocycles. The molecule has 2 rings (SSSR count). The summed E-state index contributed by atoms with van der Waals surface area (Å²) in [5.74, 6) is 1.41. The van der Waals surface area contributed by atoms with Crippen LogP contribution in [0.15, 0.2) is 0 Å². The number of amides is 1. The average molecular weight is 200 g/mol. The Hall–Kier alpha value is -0.810. The van der Waals surface area contributed by atoms with Crippen molar-refractivity contribution in [3.63, 3.8) is 0 Å². The predicted octanol–water partition coefficient (Wildman–Crippen LogP) is -0.433. The summed E-state index contributed by atoms with van der Waals surface area (Å²) in [5.41, 5.74) is 0. The molecule has 14 heavy (non-hydrogen) atoms. The molecule has 1 saturated heterocycles. The number of hydrogen-bond acceptors (Lipinski definition) is 3. The summed E-state index contributed by atoms with van der Waals surface area (Å²) in [5, 5.41) is 19.8. The third-order valence-corrected chi connectivity index (χ3v) is 3.26. The standard InChI is InChI=1S/C9H16N2O3/c12-2-1-11-5-6-3-7(6)8(11)4-10-9(13)14/h6-8,10,12H,1-5H2,(H,13,14). The van der Waals surface area contributed by atoms with Gasteiger partial charge in [-0.15, -0.1) is 0 Å². The van der Waals surface area contributed by atoms with Crippen LogP contribution in [-0.2, 0) is 0 Å². The van der Waals surface area contributed by atoms with E-state index in [1.165, 1.54) is 6.42 Å². The molecule has 2 fully saturated rings. The van der Waals surface area contributed by atoms with Gasteiger partial charge in [0.25, 0.3) is 0 Å². The van der Waals surface area contributed by atoms with Gasteiger partial charge in [-0.3, -0.25) is 4.90 Å². The minimum absolute atomic E-state index is 0.156. The lowest BCUT2D eigenvalue weighted by molar-refractivity contribution is 0.157. The Balaban J connectivity index is 1.84. The number of piperidine rings is 1. The van der Waals surface area contributed by atoms with E-state index in [0.29, 0.717) is 25.0 Å². The van der Waals surface area contributed by atoms with E-state index in [2.05, 4.69) is 10.2 Å². The van der Waals surface area contributed by atoms with Crippen LogP contribution in [-0.4, -0.2) is 53.5 Å². The number of carboxylic acid groups (broad SMARTS) is 1. The number of rotatable bonds is 4. The molecule has 0 aromatic heterocycles. The number of nitrogens with zero attached hydrogens (tertiary/aromatic N) is 1. The largest absolute Gasteiger partial charge is 0.465 e. The monoisotopic (exact) mass is 200 g/mol. The molecule has 1 heterocycles. The van der Waals surface area contributed by atoms with Crippen molar-refractivity contribution in [2.45, 2.75) is 12.5 Å². The second-order valence-corrected chi connectivity index (χ2v) is 4.13. The van der Waals surface area contributed by atoms with Crippen molar-refractivity contribution in [2.24, 2.45) is 11.8 Å². The zero-order valence-corrected chi connectivity index (χ0v) is 8.02. The molecule has 1 saturated carbocycles. The van der Waals surface area contributed by atoms with Crippen LogP contribution in [0.5, 0.6) is 0 Å². The maximum absolute atomic E-state index is 10.4. The molecule has 80 valence electrons. The number of aliphatic hydroxyl groups excluding tert-OH is 1. The highest BCUT2D eigenvalue weighted by molar-refractivity contribution is 5.64. The van der Waals surface area contributed by atoms with Gasteiger partial charge in [-0.05, 0) is 18.3 Å². The molecule has 0 aromatic rings. The van der Waals surface area contributed by atoms with Crippen molar-refractivity contribution in [1.82, 2.24) is 10.2 Å². The van der Waals surface area contributed by atoms with Crippen molar-refractivity contribution in [2.75, 3.05) is 26.2 Å². The van der Waals surface area contributed by atoms with Gasteiger partial charge in [-0.2, -0.15) is 0 Å². The second-order valence-electron chi connectivity index (χ2n) is 4.13. The molecule has 0 aromatic carbocycles. The fraction of sp³-hybridized carbons (Fsp3) is 0.889. The van der Waals surface area contributed by atoms with Gasteiger partial charge in [0.05, 0.1) is 6.61 Å². The maximum Gasteiger partial charge on any atom is 0.404 e. The molecule has 5 nitrogen and oxygen atoms in total. The minimum atomic E-state index is -0.960. The van der Waals surface area contributed by atoms with Gasteiger partial charge in [0.15, 0.2) is 0 Å². The molecular formula is C9H16N2O3. The van der Waals surface area contributed by atoms with E-state index in [9.17, 15) is 4.79 Å². The van der Waals surface area contributed by atoms with Crippen molar-refractivity contribution in [3.8, 4) is 0 Å². The van der Waals surface area contributed by atoms with Gasteiger partial charge in [-0.1, -0.05) is 0 Å². The van der Waals surface area contributed by atoms with Crippen molar-refractivity contribution in [3.05, 3.63) is 0 Å². The third kappa shape index (κ3) is 1.83. The van der Waals surface area contributed by atoms with Gasteiger partial charge in [0.1, 0.15) is 0 Å². The summed E-state index contributed by atoms with van der Waals surface area (Å²) >= 11 is 0. The summed E-state index contributed by atoms with van der Waals surface area (Å²) in [4.78, 5) is 12.6. The van der Waals surface area contributed by atoms with Crippen LogP contribution in [0.3, 0.4) is 0 Å². The Morgan fingerprint density at radius 2 is 2.36 bits per heavy atom. The SMILES string of the molecule is O=C(O)NCC1C2CC2CN1CCO. The highest BCUT2D eigenvalue weighted by atomic mass is 16.4. The normalized spacial score (nSPS) is 35.4. The number of carbonyl (C=O) groups is 1. The van der Waals surface area contributed by atoms with Gasteiger partial charge < -0.3 is 15.5 Å². The summed E-state index contributed by atoms with van der Waals surface area (Å²) < 4.78 is 0. The summed E-state index contributed by atoms with van der Waals surface area (Å²) in [6, 6.07) is 0.309. The quantitative estimate of drug-likeness (QED) is 0.575. The summed E-state index contributed by atoms with van der Waals surface area (Å²) in [6.07, 6.45) is 0.270. The first kappa shape index (κ1) is 9.73. The third-order valence-electron chi connectivity index (χ3n) is 3.26. The van der Waals surface area contributed by atoms with Crippen LogP contribution in [0.1, 0.15) is 6.42 Å². The molecule has 3 unspecified atom stereocenters. The van der Waals surface area contributed by atoms with Gasteiger partial charge >= 0.3 is 6.09 Å². The van der Waals surface area contributed by atoms with E-state index in [1.54, 1.807) is 0 Å². The van der Waals surface area contributed by atoms with Crippen LogP contribution in [0.2, 0.25) is 0 Å². The van der Waals surface area contributed by atoms with Gasteiger partial charge in [-0.25, -0.2) is 4.79 Å². The van der Waals surface area contributed by atoms with Crippen molar-refractivity contribution < 1.29 is 15.0 Å². The molecule has 5 heteroatoms. The molecular weight excluding hydrogens is 184 g/mol. The molecule has 1 amide bonds. The molecule has 1 aliphatic heterocycles. The lowest BCUT2D eigenvalue weighted by Gasteiger charge is -2.26. The predicted molar refractivity (Wildman–Crippen MR) is 50.1 cm³/mol. The zero-order chi connectivity index (χ0) is 10.1. The Bertz CT molecular complexity index is 234. The van der Waals surface area contributed by atoms with Crippen LogP contribution >= 0.6 is 0 Å². The number of likely N-dealkylation sites (tertiary alicyclic amines) is 1. The molecule has 0 spiro atoms. The Labute approximate surface area is 82.7 Å². The van der Waals surface area contributed by atoms with Gasteiger partial charge in [0, 0.05) is 25.7 Å². The summed E-state index contributed by atoms with van der Waals surface area (Å²) in [6.45, 7) is 2.34. The lowest BCUT2D eigenvalue weighted by Crippen LogP contribution is -2.43. The number of β-amino-alcohol motifs (C(OH)–C–C–N with tert-alkyl or cyclic N) is 1. The van der Waals surface area contributed by atoms with E-state index in [-0.39, 0.29) is 6.61 Å². The highest BCUT2D eigenvalue weighted by Crippen LogP contribution is 2.49. The number of fused-ring (bicyclic) bond motifs is 1. The van der Waals surface area contributed by atoms with Crippen LogP contribution in [0, 0.1) is 11.8 Å². The maximum atomic E-state index is 10.4. The molecule has 3 N–H and O–H groups in total. The zero-order valence-electron chi connectivity index (χ0n) is 8.02. The Morgan fingerprint density at radius 3 is 3.00 bits per heavy atom. The molecule has 2 aliphatic rings. The second kappa shape index (κ2) is 3.74. The Morgan fingerprint density at radius 1 is 1.57 bits per heavy atom. The molecule has 0 radical (unpaired) electrons. The Kier molecular flexibility index (Phi) is 2.60. The van der Waals surface area contributed by atoms with E-state index in [4.69, 9.17) is 10.2 Å². The van der Waals surface area contributed by atoms with Crippen LogP contribution in [0.25, 0.3) is 0 Å². The smallest absolute Gasteiger partial charge is 0.404 e. The first-order valence-corrected chi connectivity index (χ1v) is 5.04. The summed E-state index contributed by atoms with van der Waals surface area (Å²) in [7, 11) is 0. The first-order valence-electron chi connectivity index (χ1n) is 5.04. The van der Waals surface area contributed by atoms with E-state index < -0.39 is 6.09 Å². The van der Waals surface area contributed by atoms with Gasteiger partial charge in [0.2, 0.25) is 0 Å². The lowest BCUT2D eigenvalue weighted by atomic mass is 10.2. The van der Waals surface area contributed by atoms with E-state index in [1.807, 2.05) is 0 Å². The molecule has 0 bridgehead atoms. The van der Waals surface area contributed by atoms with Crippen LogP contribution in [0.4, 0.5) is 4.79 Å². The molecule has 3 atom stereocenters. The van der Waals surface area contributed by atoms with Crippen molar-refractivity contribution in [1.29, 1.82) is 0 Å². The van der Waals surface area contributed by atoms with E-state index in [0.717, 1.165) is 12.5 Å². The number of aliphatic hydroxyl groups is 1. The average Bonchev–Trinajstić information content (AvgIpc) is 2.78. The fourth-order valence-corrected chi connectivity index (χ4v) is 2.52. The minimum Gasteiger partial charge on any atom is -0.465 e. The number of nitrogens with one attached hydrogen (secondary N) is 1. The first-order chi connectivity index (χ1) is 6.72. The fourth-order valence-electron chi connectivity index (χ4n) is 2.52. The number of hydrogen-bond donors (Lipinski definition) is 3.